The Hall–Kier alpha value is -4.72. The normalized spacial score (nSPS) is 15.0. The third-order valence-corrected chi connectivity index (χ3v) is 9.40. The third-order valence-electron chi connectivity index (χ3n) is 7.55. The molecule has 0 saturated carbocycles. The van der Waals surface area contributed by atoms with Gasteiger partial charge in [-0.1, -0.05) is 54.6 Å². The summed E-state index contributed by atoms with van der Waals surface area (Å²) in [5, 5.41) is 13.5. The molecule has 43 heavy (non-hydrogen) atoms. The van der Waals surface area contributed by atoms with Gasteiger partial charge in [0.1, 0.15) is 11.8 Å². The maximum absolute atomic E-state index is 14.2. The lowest BCUT2D eigenvalue weighted by molar-refractivity contribution is -0.131. The number of nitriles is 1. The van der Waals surface area contributed by atoms with Gasteiger partial charge in [0.25, 0.3) is 0 Å². The van der Waals surface area contributed by atoms with Gasteiger partial charge in [-0.3, -0.25) is 9.59 Å². The second-order valence-electron chi connectivity index (χ2n) is 10.4. The van der Waals surface area contributed by atoms with E-state index in [-0.39, 0.29) is 23.8 Å². The first-order chi connectivity index (χ1) is 20.8. The third kappa shape index (κ3) is 6.85. The molecule has 1 fully saturated rings. The second kappa shape index (κ2) is 13.1. The summed E-state index contributed by atoms with van der Waals surface area (Å²) in [7, 11) is -2.73. The molecule has 1 N–H and O–H groups in total. The smallest absolute Gasteiger partial charge is 0.244 e. The van der Waals surface area contributed by atoms with Crippen LogP contribution in [-0.4, -0.2) is 62.2 Å². The number of rotatable bonds is 11. The summed E-state index contributed by atoms with van der Waals surface area (Å²) in [6.45, 7) is 0.378. The van der Waals surface area contributed by atoms with Crippen LogP contribution >= 0.6 is 0 Å². The number of methoxy groups -OCH3 is 1. The highest BCUT2D eigenvalue weighted by Crippen LogP contribution is 2.29. The van der Waals surface area contributed by atoms with Gasteiger partial charge < -0.3 is 15.0 Å². The van der Waals surface area contributed by atoms with Gasteiger partial charge in [0.05, 0.1) is 30.2 Å². The quantitative estimate of drug-likeness (QED) is 0.281. The molecule has 0 radical (unpaired) electrons. The fraction of sp³-hybridized carbons (Fsp3) is 0.242. The molecule has 0 aliphatic carbocycles. The second-order valence-corrected chi connectivity index (χ2v) is 12.3. The standard InChI is InChI=1S/C33H32N4O5S/c1-42-29-12-10-27-11-13-30(20-28(27)19-29)43(40,41)37(23-32(38)35-16-14-24-6-3-2-4-7-24)31-15-17-36(33(31)39)22-26-9-5-8-25(18-26)21-34/h2-13,18-20,31H,14-17,22-23H2,1H3,(H,35,38)/t31-/m0/s1. The zero-order chi connectivity index (χ0) is 30.4. The van der Waals surface area contributed by atoms with Crippen molar-refractivity contribution in [3.63, 3.8) is 0 Å². The number of hydrogen-bond donors (Lipinski definition) is 1. The van der Waals surface area contributed by atoms with E-state index in [4.69, 9.17) is 4.74 Å². The Morgan fingerprint density at radius 3 is 2.53 bits per heavy atom. The molecule has 0 aromatic heterocycles. The maximum Gasteiger partial charge on any atom is 0.244 e. The minimum Gasteiger partial charge on any atom is -0.497 e. The number of likely N-dealkylation sites (tertiary alicyclic amines) is 1. The Bertz CT molecular complexity index is 1790. The van der Waals surface area contributed by atoms with Crippen molar-refractivity contribution < 1.29 is 22.7 Å². The highest BCUT2D eigenvalue weighted by atomic mass is 32.2. The average molecular weight is 597 g/mol. The Balaban J connectivity index is 1.40. The fourth-order valence-electron chi connectivity index (χ4n) is 5.28. The Morgan fingerprint density at radius 2 is 1.77 bits per heavy atom. The van der Waals surface area contributed by atoms with E-state index in [0.717, 1.165) is 20.8 Å². The van der Waals surface area contributed by atoms with Crippen molar-refractivity contribution in [2.24, 2.45) is 0 Å². The Kier molecular flexibility index (Phi) is 9.04. The number of amides is 2. The molecule has 1 aliphatic heterocycles. The number of carbonyl (C=O) groups excluding carboxylic acids is 2. The molecule has 1 atom stereocenters. The molecule has 9 nitrogen and oxygen atoms in total. The molecule has 10 heteroatoms. The number of nitrogens with one attached hydrogen (secondary N) is 1. The predicted octanol–water partition coefficient (Wildman–Crippen LogP) is 3.87. The number of sulfonamides is 1. The molecule has 1 saturated heterocycles. The van der Waals surface area contributed by atoms with E-state index in [1.54, 1.807) is 41.3 Å². The largest absolute Gasteiger partial charge is 0.497 e. The van der Waals surface area contributed by atoms with Crippen LogP contribution in [0.2, 0.25) is 0 Å². The summed E-state index contributed by atoms with van der Waals surface area (Å²) >= 11 is 0. The van der Waals surface area contributed by atoms with Crippen molar-refractivity contribution in [1.82, 2.24) is 14.5 Å². The fourth-order valence-corrected chi connectivity index (χ4v) is 6.89. The van der Waals surface area contributed by atoms with Gasteiger partial charge in [-0.2, -0.15) is 9.57 Å². The average Bonchev–Trinajstić information content (AvgIpc) is 3.38. The number of hydrogen-bond acceptors (Lipinski definition) is 6. The maximum atomic E-state index is 14.2. The number of carbonyl (C=O) groups is 2. The minimum atomic E-state index is -4.27. The molecule has 0 bridgehead atoms. The summed E-state index contributed by atoms with van der Waals surface area (Å²) in [5.41, 5.74) is 2.29. The van der Waals surface area contributed by atoms with Gasteiger partial charge in [0, 0.05) is 19.6 Å². The van der Waals surface area contributed by atoms with Crippen LogP contribution in [0.1, 0.15) is 23.1 Å². The van der Waals surface area contributed by atoms with Crippen LogP contribution in [0.25, 0.3) is 10.8 Å². The van der Waals surface area contributed by atoms with Gasteiger partial charge in [-0.15, -0.1) is 0 Å². The first kappa shape index (κ1) is 29.8. The van der Waals surface area contributed by atoms with E-state index < -0.39 is 28.5 Å². The van der Waals surface area contributed by atoms with Gasteiger partial charge in [0.2, 0.25) is 21.8 Å². The molecule has 0 unspecified atom stereocenters. The molecule has 220 valence electrons. The molecule has 2 amide bonds. The van der Waals surface area contributed by atoms with Crippen LogP contribution in [0, 0.1) is 11.3 Å². The number of fused-ring (bicyclic) bond motifs is 1. The number of ether oxygens (including phenoxy) is 1. The van der Waals surface area contributed by atoms with Gasteiger partial charge >= 0.3 is 0 Å². The van der Waals surface area contributed by atoms with Gasteiger partial charge in [-0.05, 0) is 71.1 Å². The van der Waals surface area contributed by atoms with E-state index >= 15 is 0 Å². The van der Waals surface area contributed by atoms with Crippen molar-refractivity contribution >= 4 is 32.6 Å². The van der Waals surface area contributed by atoms with E-state index in [2.05, 4.69) is 11.4 Å². The van der Waals surface area contributed by atoms with Crippen LogP contribution < -0.4 is 10.1 Å². The molecule has 0 spiro atoms. The molecule has 1 heterocycles. The SMILES string of the molecule is COc1ccc2ccc(S(=O)(=O)N(CC(=O)NCCc3ccccc3)[C@H]3CCN(Cc4cccc(C#N)c4)C3=O)cc2c1. The highest BCUT2D eigenvalue weighted by molar-refractivity contribution is 7.89. The zero-order valence-corrected chi connectivity index (χ0v) is 24.6. The molecule has 4 aromatic carbocycles. The first-order valence-corrected chi connectivity index (χ1v) is 15.4. The van der Waals surface area contributed by atoms with Crippen molar-refractivity contribution in [3.05, 3.63) is 108 Å². The molecular weight excluding hydrogens is 564 g/mol. The van der Waals surface area contributed by atoms with Crippen LogP contribution in [0.3, 0.4) is 0 Å². The summed E-state index contributed by atoms with van der Waals surface area (Å²) in [6, 6.07) is 27.8. The van der Waals surface area contributed by atoms with E-state index in [1.807, 2.05) is 42.5 Å². The van der Waals surface area contributed by atoms with Crippen LogP contribution in [-0.2, 0) is 32.6 Å². The van der Waals surface area contributed by atoms with Gasteiger partial charge in [0.15, 0.2) is 0 Å². The van der Waals surface area contributed by atoms with Crippen LogP contribution in [0.4, 0.5) is 0 Å². The highest BCUT2D eigenvalue weighted by Gasteiger charge is 2.42. The first-order valence-electron chi connectivity index (χ1n) is 14.0. The van der Waals surface area contributed by atoms with Gasteiger partial charge in [-0.25, -0.2) is 8.42 Å². The van der Waals surface area contributed by atoms with Crippen molar-refractivity contribution in [2.75, 3.05) is 26.7 Å². The van der Waals surface area contributed by atoms with E-state index in [1.165, 1.54) is 19.2 Å². The minimum absolute atomic E-state index is 0.0155. The van der Waals surface area contributed by atoms with E-state index in [9.17, 15) is 23.3 Å². The summed E-state index contributed by atoms with van der Waals surface area (Å²) < 4.78 is 34.6. The lowest BCUT2D eigenvalue weighted by atomic mass is 10.1. The summed E-state index contributed by atoms with van der Waals surface area (Å²) in [5.74, 6) is -0.292. The van der Waals surface area contributed by atoms with Crippen molar-refractivity contribution in [1.29, 1.82) is 5.26 Å². The van der Waals surface area contributed by atoms with Crippen molar-refractivity contribution in [2.45, 2.75) is 30.3 Å². The predicted molar refractivity (Wildman–Crippen MR) is 163 cm³/mol. The summed E-state index contributed by atoms with van der Waals surface area (Å²) in [6.07, 6.45) is 0.818. The number of nitrogens with zero attached hydrogens (tertiary/aromatic N) is 3. The Morgan fingerprint density at radius 1 is 1.00 bits per heavy atom. The van der Waals surface area contributed by atoms with E-state index in [0.29, 0.717) is 36.2 Å². The monoisotopic (exact) mass is 596 g/mol. The molecule has 4 aromatic rings. The Labute approximate surface area is 251 Å². The molecule has 5 rings (SSSR count). The molecular formula is C33H32N4O5S. The van der Waals surface area contributed by atoms with Crippen molar-refractivity contribution in [3.8, 4) is 11.8 Å². The van der Waals surface area contributed by atoms with Crippen LogP contribution in [0.15, 0.2) is 95.9 Å². The lowest BCUT2D eigenvalue weighted by Gasteiger charge is -2.27. The summed E-state index contributed by atoms with van der Waals surface area (Å²) in [4.78, 5) is 28.4. The zero-order valence-electron chi connectivity index (χ0n) is 23.8. The molecule has 1 aliphatic rings. The topological polar surface area (TPSA) is 120 Å². The number of benzene rings is 4. The lowest BCUT2D eigenvalue weighted by Crippen LogP contribution is -2.49. The van der Waals surface area contributed by atoms with Crippen LogP contribution in [0.5, 0.6) is 5.75 Å².